The Balaban J connectivity index is 2.10. The summed E-state index contributed by atoms with van der Waals surface area (Å²) in [4.78, 5) is 22.0. The average molecular weight is 284 g/mol. The number of amides is 1. The highest BCUT2D eigenvalue weighted by Gasteiger charge is 2.23. The molecule has 1 heterocycles. The minimum atomic E-state index is -0.468. The lowest BCUT2D eigenvalue weighted by Gasteiger charge is -2.23. The number of carbonyl (C=O) groups excluding carboxylic acids is 1. The molecule has 7 heteroatoms. The molecule has 0 radical (unpaired) electrons. The first-order valence-corrected chi connectivity index (χ1v) is 6.40. The SMILES string of the molecule is O=C1NCCCC1NCc1c(Cl)cccc1[N+](=O)[O-]. The Morgan fingerprint density at radius 3 is 3.00 bits per heavy atom. The fourth-order valence-electron chi connectivity index (χ4n) is 2.09. The lowest BCUT2D eigenvalue weighted by Crippen LogP contribution is -2.47. The summed E-state index contributed by atoms with van der Waals surface area (Å²) in [6.07, 6.45) is 1.62. The van der Waals surface area contributed by atoms with Crippen molar-refractivity contribution in [2.45, 2.75) is 25.4 Å². The van der Waals surface area contributed by atoms with Gasteiger partial charge >= 0.3 is 0 Å². The third-order valence-corrected chi connectivity index (χ3v) is 3.46. The Hall–Kier alpha value is -1.66. The van der Waals surface area contributed by atoms with E-state index in [-0.39, 0.29) is 24.2 Å². The second kappa shape index (κ2) is 5.99. The Kier molecular flexibility index (Phi) is 4.34. The molecule has 1 aliphatic rings. The number of nitrogens with zero attached hydrogens (tertiary/aromatic N) is 1. The summed E-state index contributed by atoms with van der Waals surface area (Å²) < 4.78 is 0. The van der Waals surface area contributed by atoms with Gasteiger partial charge in [0.1, 0.15) is 0 Å². The maximum atomic E-state index is 11.6. The van der Waals surface area contributed by atoms with E-state index in [0.717, 1.165) is 12.8 Å². The Morgan fingerprint density at radius 1 is 1.53 bits per heavy atom. The topological polar surface area (TPSA) is 84.3 Å². The standard InChI is InChI=1S/C12H14ClN3O3/c13-9-3-1-5-11(16(18)19)8(9)7-15-10-4-2-6-14-12(10)17/h1,3,5,10,15H,2,4,6-7H2,(H,14,17). The summed E-state index contributed by atoms with van der Waals surface area (Å²) >= 11 is 5.98. The number of nitrogens with one attached hydrogen (secondary N) is 2. The van der Waals surface area contributed by atoms with Crippen LogP contribution in [0.4, 0.5) is 5.69 Å². The Bertz CT molecular complexity index is 507. The molecule has 1 amide bonds. The van der Waals surface area contributed by atoms with Gasteiger partial charge in [-0.15, -0.1) is 0 Å². The molecule has 2 N–H and O–H groups in total. The summed E-state index contributed by atoms with van der Waals surface area (Å²) in [5, 5.41) is 17.0. The van der Waals surface area contributed by atoms with Crippen molar-refractivity contribution in [2.75, 3.05) is 6.54 Å². The number of benzene rings is 1. The lowest BCUT2D eigenvalue weighted by atomic mass is 10.1. The normalized spacial score (nSPS) is 19.0. The first-order valence-electron chi connectivity index (χ1n) is 6.02. The van der Waals surface area contributed by atoms with Crippen molar-refractivity contribution in [3.63, 3.8) is 0 Å². The van der Waals surface area contributed by atoms with Crippen LogP contribution in [0.1, 0.15) is 18.4 Å². The van der Waals surface area contributed by atoms with Gasteiger partial charge in [-0.3, -0.25) is 14.9 Å². The van der Waals surface area contributed by atoms with Crippen LogP contribution in [0.3, 0.4) is 0 Å². The number of piperidine rings is 1. The predicted molar refractivity (Wildman–Crippen MR) is 71.0 cm³/mol. The molecule has 1 aromatic rings. The number of hydrogen-bond acceptors (Lipinski definition) is 4. The number of nitro benzene ring substituents is 1. The molecule has 1 aliphatic heterocycles. The number of nitro groups is 1. The maximum Gasteiger partial charge on any atom is 0.275 e. The summed E-state index contributed by atoms with van der Waals surface area (Å²) in [5.74, 6) is -0.0686. The Labute approximate surface area is 115 Å². The van der Waals surface area contributed by atoms with E-state index in [2.05, 4.69) is 10.6 Å². The molecule has 1 unspecified atom stereocenters. The van der Waals surface area contributed by atoms with Gasteiger partial charge in [0, 0.05) is 19.2 Å². The molecular formula is C12H14ClN3O3. The minimum absolute atomic E-state index is 0.0313. The molecule has 6 nitrogen and oxygen atoms in total. The zero-order valence-corrected chi connectivity index (χ0v) is 10.9. The van der Waals surface area contributed by atoms with Crippen molar-refractivity contribution in [1.82, 2.24) is 10.6 Å². The van der Waals surface area contributed by atoms with Gasteiger partial charge in [0.05, 0.1) is 21.6 Å². The largest absolute Gasteiger partial charge is 0.355 e. The fraction of sp³-hybridized carbons (Fsp3) is 0.417. The molecule has 0 aliphatic carbocycles. The number of rotatable bonds is 4. The molecule has 19 heavy (non-hydrogen) atoms. The van der Waals surface area contributed by atoms with E-state index in [4.69, 9.17) is 11.6 Å². The van der Waals surface area contributed by atoms with E-state index in [1.54, 1.807) is 6.07 Å². The van der Waals surface area contributed by atoms with E-state index in [1.165, 1.54) is 12.1 Å². The van der Waals surface area contributed by atoms with Crippen molar-refractivity contribution >= 4 is 23.2 Å². The molecule has 2 rings (SSSR count). The van der Waals surface area contributed by atoms with Crippen molar-refractivity contribution in [1.29, 1.82) is 0 Å². The van der Waals surface area contributed by atoms with Gasteiger partial charge in [0.15, 0.2) is 0 Å². The summed E-state index contributed by atoms with van der Waals surface area (Å²) in [6, 6.07) is 4.23. The van der Waals surface area contributed by atoms with E-state index in [1.807, 2.05) is 0 Å². The smallest absolute Gasteiger partial charge is 0.275 e. The molecular weight excluding hydrogens is 270 g/mol. The second-order valence-corrected chi connectivity index (χ2v) is 4.77. The van der Waals surface area contributed by atoms with E-state index >= 15 is 0 Å². The van der Waals surface area contributed by atoms with Gasteiger partial charge in [-0.05, 0) is 18.9 Å². The molecule has 1 fully saturated rings. The van der Waals surface area contributed by atoms with Crippen LogP contribution in [0.25, 0.3) is 0 Å². The van der Waals surface area contributed by atoms with Crippen LogP contribution in [0, 0.1) is 10.1 Å². The van der Waals surface area contributed by atoms with Gasteiger partial charge in [0.25, 0.3) is 5.69 Å². The zero-order valence-electron chi connectivity index (χ0n) is 10.2. The maximum absolute atomic E-state index is 11.6. The van der Waals surface area contributed by atoms with Crippen LogP contribution in [-0.2, 0) is 11.3 Å². The highest BCUT2D eigenvalue weighted by Crippen LogP contribution is 2.26. The zero-order chi connectivity index (χ0) is 13.8. The molecule has 1 aromatic carbocycles. The first kappa shape index (κ1) is 13.8. The molecule has 102 valence electrons. The van der Waals surface area contributed by atoms with Gasteiger partial charge in [-0.2, -0.15) is 0 Å². The van der Waals surface area contributed by atoms with Crippen LogP contribution in [-0.4, -0.2) is 23.4 Å². The third kappa shape index (κ3) is 3.21. The first-order chi connectivity index (χ1) is 9.09. The molecule has 0 aromatic heterocycles. The van der Waals surface area contributed by atoms with Crippen molar-refractivity contribution in [2.24, 2.45) is 0 Å². The number of hydrogen-bond donors (Lipinski definition) is 2. The average Bonchev–Trinajstić information content (AvgIpc) is 2.38. The van der Waals surface area contributed by atoms with Crippen LogP contribution in [0.5, 0.6) is 0 Å². The van der Waals surface area contributed by atoms with Crippen LogP contribution in [0.2, 0.25) is 5.02 Å². The van der Waals surface area contributed by atoms with Crippen molar-refractivity contribution in [3.05, 3.63) is 38.9 Å². The van der Waals surface area contributed by atoms with Gasteiger partial charge in [0.2, 0.25) is 5.91 Å². The molecule has 0 bridgehead atoms. The summed E-state index contributed by atoms with van der Waals surface area (Å²) in [6.45, 7) is 0.886. The quantitative estimate of drug-likeness (QED) is 0.649. The highest BCUT2D eigenvalue weighted by atomic mass is 35.5. The summed E-state index contributed by atoms with van der Waals surface area (Å²) in [7, 11) is 0. The lowest BCUT2D eigenvalue weighted by molar-refractivity contribution is -0.385. The van der Waals surface area contributed by atoms with Crippen LogP contribution in [0.15, 0.2) is 18.2 Å². The van der Waals surface area contributed by atoms with Gasteiger partial charge in [-0.25, -0.2) is 0 Å². The molecule has 0 saturated carbocycles. The van der Waals surface area contributed by atoms with E-state index in [0.29, 0.717) is 17.1 Å². The van der Waals surface area contributed by atoms with Crippen molar-refractivity contribution < 1.29 is 9.72 Å². The van der Waals surface area contributed by atoms with Gasteiger partial charge < -0.3 is 10.6 Å². The molecule has 1 atom stereocenters. The van der Waals surface area contributed by atoms with E-state index in [9.17, 15) is 14.9 Å². The minimum Gasteiger partial charge on any atom is -0.355 e. The monoisotopic (exact) mass is 283 g/mol. The van der Waals surface area contributed by atoms with Crippen molar-refractivity contribution in [3.8, 4) is 0 Å². The molecule has 0 spiro atoms. The highest BCUT2D eigenvalue weighted by molar-refractivity contribution is 6.31. The second-order valence-electron chi connectivity index (χ2n) is 4.36. The Morgan fingerprint density at radius 2 is 2.32 bits per heavy atom. The van der Waals surface area contributed by atoms with Gasteiger partial charge in [-0.1, -0.05) is 17.7 Å². The number of halogens is 1. The van der Waals surface area contributed by atoms with Crippen LogP contribution < -0.4 is 10.6 Å². The summed E-state index contributed by atoms with van der Waals surface area (Å²) in [5.41, 5.74) is 0.378. The molecule has 1 saturated heterocycles. The number of carbonyl (C=O) groups is 1. The third-order valence-electron chi connectivity index (χ3n) is 3.10. The predicted octanol–water partition coefficient (Wildman–Crippen LogP) is 1.62. The fourth-order valence-corrected chi connectivity index (χ4v) is 2.32. The van der Waals surface area contributed by atoms with E-state index < -0.39 is 4.92 Å². The van der Waals surface area contributed by atoms with Crippen LogP contribution >= 0.6 is 11.6 Å².